The van der Waals surface area contributed by atoms with Crippen molar-refractivity contribution in [1.82, 2.24) is 16.2 Å². The van der Waals surface area contributed by atoms with E-state index in [-0.39, 0.29) is 12.5 Å². The number of hydrogen-bond acceptors (Lipinski definition) is 3. The van der Waals surface area contributed by atoms with Crippen LogP contribution in [0.4, 0.5) is 0 Å². The van der Waals surface area contributed by atoms with E-state index >= 15 is 0 Å². The van der Waals surface area contributed by atoms with Crippen LogP contribution >= 0.6 is 12.2 Å². The van der Waals surface area contributed by atoms with Crippen LogP contribution in [0.2, 0.25) is 0 Å². The summed E-state index contributed by atoms with van der Waals surface area (Å²) in [6.07, 6.45) is 0.958. The Bertz CT molecular complexity index is 655. The molecule has 0 saturated heterocycles. The summed E-state index contributed by atoms with van der Waals surface area (Å²) in [5.74, 6) is 0.383. The van der Waals surface area contributed by atoms with Gasteiger partial charge in [0.25, 0.3) is 5.91 Å². The highest BCUT2D eigenvalue weighted by Crippen LogP contribution is 2.24. The van der Waals surface area contributed by atoms with Gasteiger partial charge in [0.2, 0.25) is 0 Å². The van der Waals surface area contributed by atoms with Gasteiger partial charge < -0.3 is 10.1 Å². The first-order valence-corrected chi connectivity index (χ1v) is 7.54. The van der Waals surface area contributed by atoms with Gasteiger partial charge in [0.15, 0.2) is 11.7 Å². The van der Waals surface area contributed by atoms with Gasteiger partial charge in [0.05, 0.1) is 0 Å². The molecule has 5 nitrogen and oxygen atoms in total. The predicted octanol–water partition coefficient (Wildman–Crippen LogP) is 2.12. The van der Waals surface area contributed by atoms with Crippen LogP contribution in [0.5, 0.6) is 5.75 Å². The molecule has 0 bridgehead atoms. The number of hydrazine groups is 1. The van der Waals surface area contributed by atoms with Gasteiger partial charge in [0, 0.05) is 11.9 Å². The van der Waals surface area contributed by atoms with Crippen molar-refractivity contribution in [2.24, 2.45) is 0 Å². The van der Waals surface area contributed by atoms with Crippen LogP contribution in [0.15, 0.2) is 42.5 Å². The molecule has 0 aromatic heterocycles. The molecule has 0 aliphatic heterocycles. The molecule has 2 aromatic rings. The van der Waals surface area contributed by atoms with Gasteiger partial charge in [-0.25, -0.2) is 0 Å². The second-order valence-electron chi connectivity index (χ2n) is 4.70. The number of rotatable bonds is 5. The Balaban J connectivity index is 1.84. The Morgan fingerprint density at radius 1 is 1.14 bits per heavy atom. The van der Waals surface area contributed by atoms with Crippen molar-refractivity contribution >= 4 is 34.0 Å². The maximum Gasteiger partial charge on any atom is 0.276 e. The number of carbonyl (C=O) groups excluding carboxylic acids is 1. The van der Waals surface area contributed by atoms with Gasteiger partial charge in [-0.2, -0.15) is 0 Å². The van der Waals surface area contributed by atoms with E-state index in [1.54, 1.807) is 0 Å². The Kier molecular flexibility index (Phi) is 5.97. The van der Waals surface area contributed by atoms with E-state index < -0.39 is 0 Å². The zero-order valence-electron chi connectivity index (χ0n) is 12.4. The van der Waals surface area contributed by atoms with Crippen molar-refractivity contribution in [3.63, 3.8) is 0 Å². The maximum atomic E-state index is 11.7. The number of thiocarbonyl (C=S) groups is 1. The molecule has 2 aromatic carbocycles. The largest absolute Gasteiger partial charge is 0.483 e. The molecule has 1 amide bonds. The highest BCUT2D eigenvalue weighted by atomic mass is 32.1. The average Bonchev–Trinajstić information content (AvgIpc) is 2.56. The molecule has 22 heavy (non-hydrogen) atoms. The summed E-state index contributed by atoms with van der Waals surface area (Å²) in [4.78, 5) is 11.7. The second kappa shape index (κ2) is 8.19. The summed E-state index contributed by atoms with van der Waals surface area (Å²) in [5.41, 5.74) is 5.12. The third-order valence-corrected chi connectivity index (χ3v) is 3.21. The number of amides is 1. The molecule has 0 spiro atoms. The number of benzene rings is 2. The molecule has 0 unspecified atom stereocenters. The Labute approximate surface area is 135 Å². The lowest BCUT2D eigenvalue weighted by Crippen LogP contribution is -2.48. The molecule has 0 heterocycles. The first-order chi connectivity index (χ1) is 10.7. The molecule has 0 aliphatic carbocycles. The highest BCUT2D eigenvalue weighted by Gasteiger charge is 2.05. The standard InChI is InChI=1S/C16H19N3O2S/c1-2-10-17-16(22)19-18-15(20)11-21-14-9-5-7-12-6-3-4-8-13(12)14/h3-9H,2,10-11H2,1H3,(H,18,20)(H2,17,19,22). The van der Waals surface area contributed by atoms with Crippen molar-refractivity contribution in [2.45, 2.75) is 13.3 Å². The Hall–Kier alpha value is -2.34. The molecular formula is C16H19N3O2S. The molecule has 2 rings (SSSR count). The van der Waals surface area contributed by atoms with Crippen molar-refractivity contribution < 1.29 is 9.53 Å². The van der Waals surface area contributed by atoms with Crippen LogP contribution in [-0.4, -0.2) is 24.2 Å². The fourth-order valence-corrected chi connectivity index (χ4v) is 2.06. The molecule has 0 radical (unpaired) electrons. The van der Waals surface area contributed by atoms with Crippen LogP contribution in [-0.2, 0) is 4.79 Å². The maximum absolute atomic E-state index is 11.7. The molecule has 3 N–H and O–H groups in total. The zero-order valence-corrected chi connectivity index (χ0v) is 13.2. The van der Waals surface area contributed by atoms with Gasteiger partial charge in [0.1, 0.15) is 5.75 Å². The SMILES string of the molecule is CCCNC(=S)NNC(=O)COc1cccc2ccccc12. The lowest BCUT2D eigenvalue weighted by atomic mass is 10.1. The smallest absolute Gasteiger partial charge is 0.276 e. The van der Waals surface area contributed by atoms with E-state index in [1.165, 1.54) is 0 Å². The van der Waals surface area contributed by atoms with Crippen LogP contribution in [0.1, 0.15) is 13.3 Å². The van der Waals surface area contributed by atoms with E-state index in [2.05, 4.69) is 16.2 Å². The Morgan fingerprint density at radius 3 is 2.73 bits per heavy atom. The van der Waals surface area contributed by atoms with Gasteiger partial charge in [-0.15, -0.1) is 0 Å². The molecule has 0 fully saturated rings. The first kappa shape index (κ1) is 16.0. The van der Waals surface area contributed by atoms with E-state index in [1.807, 2.05) is 49.4 Å². The van der Waals surface area contributed by atoms with Crippen molar-refractivity contribution in [1.29, 1.82) is 0 Å². The predicted molar refractivity (Wildman–Crippen MR) is 91.6 cm³/mol. The third kappa shape index (κ3) is 4.60. The molecule has 0 atom stereocenters. The van der Waals surface area contributed by atoms with E-state index in [4.69, 9.17) is 17.0 Å². The summed E-state index contributed by atoms with van der Waals surface area (Å²) >= 11 is 5.00. The van der Waals surface area contributed by atoms with E-state index in [0.29, 0.717) is 10.9 Å². The summed E-state index contributed by atoms with van der Waals surface area (Å²) in [6, 6.07) is 13.6. The molecule has 0 aliphatic rings. The minimum absolute atomic E-state index is 0.0859. The number of nitrogens with one attached hydrogen (secondary N) is 3. The highest BCUT2D eigenvalue weighted by molar-refractivity contribution is 7.80. The summed E-state index contributed by atoms with van der Waals surface area (Å²) in [6.45, 7) is 2.71. The fraction of sp³-hybridized carbons (Fsp3) is 0.250. The lowest BCUT2D eigenvalue weighted by Gasteiger charge is -2.12. The van der Waals surface area contributed by atoms with Gasteiger partial charge >= 0.3 is 0 Å². The minimum Gasteiger partial charge on any atom is -0.483 e. The summed E-state index contributed by atoms with van der Waals surface area (Å²) in [5, 5.41) is 5.39. The summed E-state index contributed by atoms with van der Waals surface area (Å²) < 4.78 is 5.58. The van der Waals surface area contributed by atoms with Crippen molar-refractivity contribution in [2.75, 3.05) is 13.2 Å². The fourth-order valence-electron chi connectivity index (χ4n) is 1.91. The van der Waals surface area contributed by atoms with Crippen LogP contribution < -0.4 is 20.9 Å². The number of fused-ring (bicyclic) bond motifs is 1. The van der Waals surface area contributed by atoms with Crippen LogP contribution in [0.25, 0.3) is 10.8 Å². The van der Waals surface area contributed by atoms with Crippen LogP contribution in [0.3, 0.4) is 0 Å². The second-order valence-corrected chi connectivity index (χ2v) is 5.10. The van der Waals surface area contributed by atoms with Crippen molar-refractivity contribution in [3.8, 4) is 5.75 Å². The third-order valence-electron chi connectivity index (χ3n) is 2.96. The molecular weight excluding hydrogens is 298 g/mol. The van der Waals surface area contributed by atoms with Gasteiger partial charge in [-0.05, 0) is 30.1 Å². The van der Waals surface area contributed by atoms with Crippen molar-refractivity contribution in [3.05, 3.63) is 42.5 Å². The zero-order chi connectivity index (χ0) is 15.8. The van der Waals surface area contributed by atoms with Gasteiger partial charge in [-0.3, -0.25) is 15.6 Å². The number of hydrogen-bond donors (Lipinski definition) is 3. The molecule has 116 valence electrons. The normalized spacial score (nSPS) is 10.0. The van der Waals surface area contributed by atoms with Gasteiger partial charge in [-0.1, -0.05) is 43.3 Å². The first-order valence-electron chi connectivity index (χ1n) is 7.14. The minimum atomic E-state index is -0.298. The molecule has 6 heteroatoms. The van der Waals surface area contributed by atoms with E-state index in [9.17, 15) is 4.79 Å². The monoisotopic (exact) mass is 317 g/mol. The van der Waals surface area contributed by atoms with E-state index in [0.717, 1.165) is 23.7 Å². The summed E-state index contributed by atoms with van der Waals surface area (Å²) in [7, 11) is 0. The quantitative estimate of drug-likeness (QED) is 0.582. The number of ether oxygens (including phenoxy) is 1. The topological polar surface area (TPSA) is 62.4 Å². The Morgan fingerprint density at radius 2 is 1.91 bits per heavy atom. The lowest BCUT2D eigenvalue weighted by molar-refractivity contribution is -0.123. The number of carbonyl (C=O) groups is 1. The molecule has 0 saturated carbocycles. The van der Waals surface area contributed by atoms with Crippen LogP contribution in [0, 0.1) is 0 Å². The average molecular weight is 317 g/mol.